The van der Waals surface area contributed by atoms with Gasteiger partial charge in [0.1, 0.15) is 0 Å². The number of aliphatic carboxylic acids is 6. The Balaban J connectivity index is 1.94. The van der Waals surface area contributed by atoms with Crippen LogP contribution in [0.5, 0.6) is 0 Å². The lowest BCUT2D eigenvalue weighted by molar-refractivity contribution is -0.217. The summed E-state index contributed by atoms with van der Waals surface area (Å²) in [5.41, 5.74) is -4.33. The predicted octanol–water partition coefficient (Wildman–Crippen LogP) is -5.99. The van der Waals surface area contributed by atoms with Crippen molar-refractivity contribution in [2.24, 2.45) is 0 Å². The first-order valence-corrected chi connectivity index (χ1v) is 20.1. The molecule has 344 valence electrons. The van der Waals surface area contributed by atoms with Crippen LogP contribution in [0.3, 0.4) is 0 Å². The number of rotatable bonds is 16. The summed E-state index contributed by atoms with van der Waals surface area (Å²) in [5.74, 6) is -7.03. The molecule has 12 N–H and O–H groups in total. The van der Waals surface area contributed by atoms with E-state index >= 15 is 0 Å². The number of carbonyl (C=O) groups is 6. The van der Waals surface area contributed by atoms with Crippen LogP contribution >= 0.6 is 0 Å². The molecule has 6 unspecified atom stereocenters. The molecule has 24 nitrogen and oxygen atoms in total. The summed E-state index contributed by atoms with van der Waals surface area (Å²) in [5, 5.41) is 112. The molecule has 60 heavy (non-hydrogen) atoms. The summed E-state index contributed by atoms with van der Waals surface area (Å²) >= 11 is 0. The van der Waals surface area contributed by atoms with E-state index in [-0.39, 0.29) is 91.4 Å². The molecule has 0 aromatic rings. The highest BCUT2D eigenvalue weighted by atomic mass is 16.4. The van der Waals surface area contributed by atoms with Gasteiger partial charge in [0.2, 0.25) is 0 Å². The quantitative estimate of drug-likeness (QED) is 0.0687. The Morgan fingerprint density at radius 3 is 1.03 bits per heavy atom. The van der Waals surface area contributed by atoms with Gasteiger partial charge in [0.25, 0.3) is 0 Å². The second kappa shape index (κ2) is 24.1. The maximum atomic E-state index is 12.1. The van der Waals surface area contributed by atoms with Crippen LogP contribution in [0, 0.1) is 0 Å². The predicted molar refractivity (Wildman–Crippen MR) is 208 cm³/mol. The molecule has 2 heterocycles. The lowest BCUT2D eigenvalue weighted by atomic mass is 9.67. The molecule has 1 aliphatic carbocycles. The third kappa shape index (κ3) is 17.4. The Labute approximate surface area is 347 Å². The molecule has 0 amide bonds. The number of hydrogen-bond donors (Lipinski definition) is 12. The SMILES string of the molecule is O=C(O)CN1CCNCCN(CC(=O)O)C(CC2(O)CC(O)C(O)(CC3CN(CC(=O)O)CCN(CC(=O)O)CCNCCN3CC(=O)O)CC2O)CN(CC(=O)O)CC1. The molecule has 3 aliphatic rings. The van der Waals surface area contributed by atoms with E-state index in [1.165, 1.54) is 19.6 Å². The van der Waals surface area contributed by atoms with Crippen molar-refractivity contribution in [2.45, 2.75) is 61.2 Å². The molecule has 0 spiro atoms. The van der Waals surface area contributed by atoms with Gasteiger partial charge in [-0.05, 0) is 12.8 Å². The van der Waals surface area contributed by atoms with Gasteiger partial charge in [0.15, 0.2) is 0 Å². The third-order valence-electron chi connectivity index (χ3n) is 11.4. The summed E-state index contributed by atoms with van der Waals surface area (Å²) in [6, 6.07) is -1.88. The molecule has 0 radical (unpaired) electrons. The van der Waals surface area contributed by atoms with Crippen LogP contribution < -0.4 is 10.6 Å². The highest BCUT2D eigenvalue weighted by molar-refractivity contribution is 5.71. The van der Waals surface area contributed by atoms with Gasteiger partial charge in [-0.15, -0.1) is 0 Å². The smallest absolute Gasteiger partial charge is 0.317 e. The normalized spacial score (nSPS) is 30.2. The van der Waals surface area contributed by atoms with E-state index in [4.69, 9.17) is 0 Å². The zero-order chi connectivity index (χ0) is 44.6. The van der Waals surface area contributed by atoms with Gasteiger partial charge in [-0.2, -0.15) is 0 Å². The Morgan fingerprint density at radius 2 is 0.717 bits per heavy atom. The topological polar surface area (TPSA) is 348 Å². The number of nitrogens with zero attached hydrogens (tertiary/aromatic N) is 6. The molecule has 2 aliphatic heterocycles. The molecule has 24 heteroatoms. The van der Waals surface area contributed by atoms with Crippen molar-refractivity contribution in [3.8, 4) is 0 Å². The highest BCUT2D eigenvalue weighted by Gasteiger charge is 2.54. The first-order valence-electron chi connectivity index (χ1n) is 20.1. The fraction of sp³-hybridized carbons (Fsp3) is 0.833. The van der Waals surface area contributed by atoms with Crippen LogP contribution in [0.1, 0.15) is 25.7 Å². The lowest BCUT2D eigenvalue weighted by Crippen LogP contribution is -2.65. The minimum Gasteiger partial charge on any atom is -0.480 e. The van der Waals surface area contributed by atoms with Gasteiger partial charge in [0.05, 0.1) is 62.7 Å². The molecule has 2 saturated heterocycles. The van der Waals surface area contributed by atoms with Gasteiger partial charge >= 0.3 is 35.8 Å². The van der Waals surface area contributed by atoms with Crippen LogP contribution in [0.25, 0.3) is 0 Å². The summed E-state index contributed by atoms with van der Waals surface area (Å²) < 4.78 is 0. The molecule has 0 aromatic carbocycles. The number of aliphatic hydroxyl groups excluding tert-OH is 2. The van der Waals surface area contributed by atoms with Gasteiger partial charge in [-0.1, -0.05) is 0 Å². The minimum atomic E-state index is -2.16. The zero-order valence-electron chi connectivity index (χ0n) is 33.9. The largest absolute Gasteiger partial charge is 0.480 e. The Hall–Kier alpha value is -3.66. The molecule has 3 rings (SSSR count). The van der Waals surface area contributed by atoms with Gasteiger partial charge in [0, 0.05) is 117 Å². The Morgan fingerprint density at radius 1 is 0.433 bits per heavy atom. The van der Waals surface area contributed by atoms with E-state index in [1.54, 1.807) is 9.80 Å². The number of nitrogens with one attached hydrogen (secondary N) is 2. The fourth-order valence-electron chi connectivity index (χ4n) is 8.43. The molecule has 0 bridgehead atoms. The minimum absolute atomic E-state index is 0.0561. The van der Waals surface area contributed by atoms with Crippen LogP contribution in [-0.2, 0) is 28.8 Å². The van der Waals surface area contributed by atoms with E-state index < -0.39 is 110 Å². The van der Waals surface area contributed by atoms with Crippen molar-refractivity contribution < 1.29 is 79.8 Å². The molecular weight excluding hydrogens is 800 g/mol. The van der Waals surface area contributed by atoms with Crippen molar-refractivity contribution in [2.75, 3.05) is 131 Å². The van der Waals surface area contributed by atoms with Crippen LogP contribution in [0.2, 0.25) is 0 Å². The summed E-state index contributed by atoms with van der Waals surface area (Å²) in [6.45, 7) is -0.640. The number of carboxylic acids is 6. The summed E-state index contributed by atoms with van der Waals surface area (Å²) in [6.07, 6.45) is -5.55. The molecule has 0 aromatic heterocycles. The van der Waals surface area contributed by atoms with E-state index in [0.717, 1.165) is 0 Å². The van der Waals surface area contributed by atoms with E-state index in [2.05, 4.69) is 10.6 Å². The third-order valence-corrected chi connectivity index (χ3v) is 11.4. The van der Waals surface area contributed by atoms with Crippen LogP contribution in [-0.4, -0.2) is 283 Å². The van der Waals surface area contributed by atoms with Crippen LogP contribution in [0.4, 0.5) is 0 Å². The number of hydrogen-bond acceptors (Lipinski definition) is 18. The maximum Gasteiger partial charge on any atom is 0.317 e. The van der Waals surface area contributed by atoms with Gasteiger partial charge in [-0.3, -0.25) is 58.2 Å². The van der Waals surface area contributed by atoms with Gasteiger partial charge in [-0.25, -0.2) is 0 Å². The van der Waals surface area contributed by atoms with Crippen LogP contribution in [0.15, 0.2) is 0 Å². The molecule has 3 fully saturated rings. The van der Waals surface area contributed by atoms with E-state index in [1.807, 2.05) is 0 Å². The van der Waals surface area contributed by atoms with Gasteiger partial charge < -0.3 is 61.7 Å². The Bertz CT molecular complexity index is 1350. The maximum absolute atomic E-state index is 12.1. The van der Waals surface area contributed by atoms with Crippen molar-refractivity contribution in [1.29, 1.82) is 0 Å². The van der Waals surface area contributed by atoms with E-state index in [9.17, 15) is 79.8 Å². The van der Waals surface area contributed by atoms with E-state index in [0.29, 0.717) is 26.2 Å². The molecule has 1 saturated carbocycles. The highest BCUT2D eigenvalue weighted by Crippen LogP contribution is 2.41. The standard InChI is InChI=1S/C36H64N8O16/c45-27-16-36(60,14-26-18-42(22-32(53)54)12-10-40(20-30(49)50)6-2-38-4-8-44(26)24-34(57)58)28(46)15-35(27,59)13-25-17-41(21-31(51)52)11-9-39(19-29(47)48)5-1-37-3-7-43(25)23-33(55)56/h25-28,37-38,45-46,59-60H,1-24H2,(H,47,48)(H,49,50)(H,51,52)(H,53,54)(H,55,56)(H,57,58). The lowest BCUT2D eigenvalue weighted by Gasteiger charge is -2.51. The van der Waals surface area contributed by atoms with Crippen molar-refractivity contribution in [3.63, 3.8) is 0 Å². The van der Waals surface area contributed by atoms with Crippen molar-refractivity contribution in [3.05, 3.63) is 0 Å². The monoisotopic (exact) mass is 864 g/mol. The Kier molecular flexibility index (Phi) is 20.4. The second-order valence-electron chi connectivity index (χ2n) is 16.2. The molecule has 6 atom stereocenters. The zero-order valence-corrected chi connectivity index (χ0v) is 33.9. The van der Waals surface area contributed by atoms with Crippen molar-refractivity contribution in [1.82, 2.24) is 40.0 Å². The number of aliphatic hydroxyl groups is 4. The average Bonchev–Trinajstić information content (AvgIpc) is 3.11. The fourth-order valence-corrected chi connectivity index (χ4v) is 8.43. The van der Waals surface area contributed by atoms with Crippen molar-refractivity contribution >= 4 is 35.8 Å². The first kappa shape index (κ1) is 50.7. The second-order valence-corrected chi connectivity index (χ2v) is 16.2. The summed E-state index contributed by atoms with van der Waals surface area (Å²) in [4.78, 5) is 80.3. The summed E-state index contributed by atoms with van der Waals surface area (Å²) in [7, 11) is 0. The first-order chi connectivity index (χ1) is 28.2. The number of carboxylic acid groups (broad SMARTS) is 6. The average molecular weight is 865 g/mol. The molecular formula is C36H64N8O16.